The lowest BCUT2D eigenvalue weighted by Crippen LogP contribution is -2.37. The highest BCUT2D eigenvalue weighted by Gasteiger charge is 2.21. The van der Waals surface area contributed by atoms with Crippen LogP contribution in [0.25, 0.3) is 0 Å². The van der Waals surface area contributed by atoms with Crippen molar-refractivity contribution < 1.29 is 4.74 Å². The summed E-state index contributed by atoms with van der Waals surface area (Å²) in [7, 11) is 3.79. The number of piperidine rings is 1. The third-order valence-corrected chi connectivity index (χ3v) is 4.32. The number of ether oxygens (including phenoxy) is 1. The zero-order valence-corrected chi connectivity index (χ0v) is 14.9. The zero-order chi connectivity index (χ0) is 17.6. The van der Waals surface area contributed by atoms with Gasteiger partial charge in [0, 0.05) is 27.2 Å². The van der Waals surface area contributed by atoms with Crippen LogP contribution in [0.3, 0.4) is 0 Å². The summed E-state index contributed by atoms with van der Waals surface area (Å²) in [5.74, 6) is 1.60. The number of hydrogen-bond donors (Lipinski definition) is 1. The van der Waals surface area contributed by atoms with Crippen LogP contribution in [0.4, 0.5) is 11.9 Å². The molecule has 0 unspecified atom stereocenters. The number of nitrogens with two attached hydrogens (primary N) is 1. The van der Waals surface area contributed by atoms with Crippen LogP contribution in [0.1, 0.15) is 24.2 Å². The lowest BCUT2D eigenvalue weighted by molar-refractivity contribution is -0.00437. The first-order chi connectivity index (χ1) is 12.1. The average Bonchev–Trinajstić information content (AvgIpc) is 2.61. The molecule has 1 fully saturated rings. The molecule has 1 aliphatic rings. The van der Waals surface area contributed by atoms with Crippen molar-refractivity contribution in [1.29, 1.82) is 0 Å². The lowest BCUT2D eigenvalue weighted by Gasteiger charge is -2.31. The number of nitrogens with zero attached hydrogens (tertiary/aromatic N) is 5. The number of rotatable bonds is 6. The van der Waals surface area contributed by atoms with E-state index in [1.807, 2.05) is 37.2 Å². The van der Waals surface area contributed by atoms with Crippen LogP contribution >= 0.6 is 0 Å². The number of anilines is 2. The fourth-order valence-corrected chi connectivity index (χ4v) is 2.92. The molecule has 0 aliphatic carbocycles. The Morgan fingerprint density at radius 1 is 1.12 bits per heavy atom. The number of likely N-dealkylation sites (tertiary alicyclic amines) is 1. The molecule has 2 N–H and O–H groups in total. The van der Waals surface area contributed by atoms with E-state index < -0.39 is 0 Å². The van der Waals surface area contributed by atoms with Crippen LogP contribution in [0.15, 0.2) is 30.3 Å². The summed E-state index contributed by atoms with van der Waals surface area (Å²) in [5.41, 5.74) is 7.02. The average molecular weight is 342 g/mol. The van der Waals surface area contributed by atoms with Gasteiger partial charge in [0.25, 0.3) is 0 Å². The van der Waals surface area contributed by atoms with Gasteiger partial charge in [0.15, 0.2) is 0 Å². The van der Waals surface area contributed by atoms with Gasteiger partial charge in [-0.15, -0.1) is 0 Å². The first kappa shape index (κ1) is 17.6. The Morgan fingerprint density at radius 3 is 2.52 bits per heavy atom. The molecule has 2 aromatic rings. The molecule has 0 radical (unpaired) electrons. The van der Waals surface area contributed by atoms with E-state index in [0.29, 0.717) is 25.2 Å². The molecule has 0 bridgehead atoms. The summed E-state index contributed by atoms with van der Waals surface area (Å²) in [5, 5.41) is 0. The number of hydrogen-bond acceptors (Lipinski definition) is 7. The van der Waals surface area contributed by atoms with E-state index in [0.717, 1.165) is 31.8 Å². The molecular weight excluding hydrogens is 316 g/mol. The van der Waals surface area contributed by atoms with Crippen molar-refractivity contribution in [2.75, 3.05) is 37.8 Å². The smallest absolute Gasteiger partial charge is 0.229 e. The molecule has 0 atom stereocenters. The predicted octanol–water partition coefficient (Wildman–Crippen LogP) is 1.70. The molecule has 7 nitrogen and oxygen atoms in total. The molecule has 0 amide bonds. The summed E-state index contributed by atoms with van der Waals surface area (Å²) in [6.07, 6.45) is 2.36. The highest BCUT2D eigenvalue weighted by Crippen LogP contribution is 2.17. The van der Waals surface area contributed by atoms with Crippen LogP contribution < -0.4 is 10.6 Å². The van der Waals surface area contributed by atoms with E-state index in [1.165, 1.54) is 5.56 Å². The van der Waals surface area contributed by atoms with Crippen LogP contribution in [-0.2, 0) is 17.9 Å². The summed E-state index contributed by atoms with van der Waals surface area (Å²) >= 11 is 0. The molecule has 1 saturated heterocycles. The van der Waals surface area contributed by atoms with Crippen molar-refractivity contribution in [2.45, 2.75) is 32.1 Å². The number of benzene rings is 1. The Hall–Kier alpha value is -2.25. The van der Waals surface area contributed by atoms with Crippen molar-refractivity contribution in [3.05, 3.63) is 41.7 Å². The van der Waals surface area contributed by atoms with E-state index >= 15 is 0 Å². The van der Waals surface area contributed by atoms with Gasteiger partial charge in [-0.3, -0.25) is 4.90 Å². The van der Waals surface area contributed by atoms with Gasteiger partial charge in [0.1, 0.15) is 5.82 Å². The largest absolute Gasteiger partial charge is 0.373 e. The molecule has 0 spiro atoms. The van der Waals surface area contributed by atoms with Gasteiger partial charge in [-0.25, -0.2) is 0 Å². The quantitative estimate of drug-likeness (QED) is 0.856. The van der Waals surface area contributed by atoms with Gasteiger partial charge in [-0.1, -0.05) is 30.3 Å². The number of aromatic nitrogens is 3. The molecule has 7 heteroatoms. The molecule has 25 heavy (non-hydrogen) atoms. The van der Waals surface area contributed by atoms with Gasteiger partial charge >= 0.3 is 0 Å². The third kappa shape index (κ3) is 5.11. The molecule has 1 aliphatic heterocycles. The van der Waals surface area contributed by atoms with Gasteiger partial charge in [-0.05, 0) is 18.4 Å². The SMILES string of the molecule is CN(C)c1nc(N)nc(CN2CCC(OCc3ccccc3)CC2)n1. The topological polar surface area (TPSA) is 80.4 Å². The van der Waals surface area contributed by atoms with Crippen LogP contribution in [0.5, 0.6) is 0 Å². The zero-order valence-electron chi connectivity index (χ0n) is 14.9. The van der Waals surface area contributed by atoms with Crippen molar-refractivity contribution in [3.63, 3.8) is 0 Å². The number of nitrogen functional groups attached to an aromatic ring is 1. The van der Waals surface area contributed by atoms with E-state index in [-0.39, 0.29) is 5.95 Å². The minimum Gasteiger partial charge on any atom is -0.373 e. The molecular formula is C18H26N6O. The standard InChI is InChI=1S/C18H26N6O/c1-23(2)18-21-16(20-17(19)22-18)12-24-10-8-15(9-11-24)25-13-14-6-4-3-5-7-14/h3-7,15H,8-13H2,1-2H3,(H2,19,20,21,22). The van der Waals surface area contributed by atoms with Gasteiger partial charge in [0.05, 0.1) is 19.3 Å². The normalized spacial score (nSPS) is 16.1. The highest BCUT2D eigenvalue weighted by atomic mass is 16.5. The molecule has 0 saturated carbocycles. The van der Waals surface area contributed by atoms with Gasteiger partial charge in [-0.2, -0.15) is 15.0 Å². The first-order valence-electron chi connectivity index (χ1n) is 8.66. The van der Waals surface area contributed by atoms with Gasteiger partial charge in [0.2, 0.25) is 11.9 Å². The maximum atomic E-state index is 6.04. The van der Waals surface area contributed by atoms with Crippen molar-refractivity contribution in [1.82, 2.24) is 19.9 Å². The Bertz CT molecular complexity index is 671. The lowest BCUT2D eigenvalue weighted by atomic mass is 10.1. The maximum absolute atomic E-state index is 6.04. The fourth-order valence-electron chi connectivity index (χ4n) is 2.92. The third-order valence-electron chi connectivity index (χ3n) is 4.32. The monoisotopic (exact) mass is 342 g/mol. The van der Waals surface area contributed by atoms with Crippen LogP contribution in [0, 0.1) is 0 Å². The summed E-state index contributed by atoms with van der Waals surface area (Å²) in [6.45, 7) is 3.32. The van der Waals surface area contributed by atoms with Crippen molar-refractivity contribution >= 4 is 11.9 Å². The second-order valence-corrected chi connectivity index (χ2v) is 6.58. The van der Waals surface area contributed by atoms with Crippen molar-refractivity contribution in [2.24, 2.45) is 0 Å². The first-order valence-corrected chi connectivity index (χ1v) is 8.66. The highest BCUT2D eigenvalue weighted by molar-refractivity contribution is 5.32. The molecule has 134 valence electrons. The second kappa shape index (κ2) is 8.22. The summed E-state index contributed by atoms with van der Waals surface area (Å²) in [4.78, 5) is 17.1. The van der Waals surface area contributed by atoms with Gasteiger partial charge < -0.3 is 15.4 Å². The fraction of sp³-hybridized carbons (Fsp3) is 0.500. The van der Waals surface area contributed by atoms with E-state index in [4.69, 9.17) is 10.5 Å². The predicted molar refractivity (Wildman–Crippen MR) is 98.1 cm³/mol. The minimum atomic E-state index is 0.273. The minimum absolute atomic E-state index is 0.273. The summed E-state index contributed by atoms with van der Waals surface area (Å²) in [6, 6.07) is 10.3. The molecule has 1 aromatic carbocycles. The van der Waals surface area contributed by atoms with Crippen LogP contribution in [0.2, 0.25) is 0 Å². The maximum Gasteiger partial charge on any atom is 0.229 e. The Morgan fingerprint density at radius 2 is 1.84 bits per heavy atom. The van der Waals surface area contributed by atoms with E-state index in [2.05, 4.69) is 32.0 Å². The van der Waals surface area contributed by atoms with Crippen LogP contribution in [-0.4, -0.2) is 53.1 Å². The van der Waals surface area contributed by atoms with E-state index in [9.17, 15) is 0 Å². The van der Waals surface area contributed by atoms with Crippen molar-refractivity contribution in [3.8, 4) is 0 Å². The molecule has 1 aromatic heterocycles. The van der Waals surface area contributed by atoms with E-state index in [1.54, 1.807) is 0 Å². The Labute approximate surface area is 148 Å². The molecule has 3 rings (SSSR count). The second-order valence-electron chi connectivity index (χ2n) is 6.58. The summed E-state index contributed by atoms with van der Waals surface area (Å²) < 4.78 is 6.04. The molecule has 2 heterocycles. The Kier molecular flexibility index (Phi) is 5.78. The Balaban J connectivity index is 1.48.